The second-order valence-electron chi connectivity index (χ2n) is 8.87. The predicted molar refractivity (Wildman–Crippen MR) is 138 cm³/mol. The van der Waals surface area contributed by atoms with Crippen LogP contribution in [0.15, 0.2) is 79.0 Å². The van der Waals surface area contributed by atoms with E-state index in [4.69, 9.17) is 4.74 Å². The lowest BCUT2D eigenvalue weighted by Gasteiger charge is -2.37. The van der Waals surface area contributed by atoms with Crippen molar-refractivity contribution in [3.63, 3.8) is 0 Å². The van der Waals surface area contributed by atoms with Gasteiger partial charge in [-0.1, -0.05) is 42.5 Å². The van der Waals surface area contributed by atoms with Crippen molar-refractivity contribution in [1.82, 2.24) is 9.88 Å². The van der Waals surface area contributed by atoms with Gasteiger partial charge in [0.15, 0.2) is 0 Å². The van der Waals surface area contributed by atoms with Crippen LogP contribution in [-0.2, 0) is 4.79 Å². The second-order valence-corrected chi connectivity index (χ2v) is 8.87. The van der Waals surface area contributed by atoms with Gasteiger partial charge >= 0.3 is 0 Å². The van der Waals surface area contributed by atoms with E-state index in [9.17, 15) is 9.18 Å². The largest absolute Gasteiger partial charge is 0.492 e. The standard InChI is InChI=1S/C29H30FN3O2/c1-2-35-28-10-6-5-9-27(28)32-15-17-33(18-16-32)29(34)19-24(21-11-13-22(30)14-12-21)25-20-31-26-8-4-3-7-23(25)26/h3-14,20,24,31H,2,15-19H2,1H3. The minimum atomic E-state index is -0.277. The third kappa shape index (κ3) is 4.87. The molecule has 1 unspecified atom stereocenters. The van der Waals surface area contributed by atoms with E-state index >= 15 is 0 Å². The molecule has 2 heterocycles. The molecule has 0 aliphatic carbocycles. The Bertz CT molecular complexity index is 1290. The van der Waals surface area contributed by atoms with Gasteiger partial charge in [0.2, 0.25) is 5.91 Å². The summed E-state index contributed by atoms with van der Waals surface area (Å²) in [6, 6.07) is 22.7. The maximum atomic E-state index is 13.7. The normalized spacial score (nSPS) is 14.8. The molecule has 1 aromatic heterocycles. The van der Waals surface area contributed by atoms with Crippen molar-refractivity contribution in [2.75, 3.05) is 37.7 Å². The Morgan fingerprint density at radius 2 is 1.69 bits per heavy atom. The highest BCUT2D eigenvalue weighted by Crippen LogP contribution is 2.34. The van der Waals surface area contributed by atoms with Gasteiger partial charge in [-0.2, -0.15) is 0 Å². The molecule has 0 bridgehead atoms. The van der Waals surface area contributed by atoms with Gasteiger partial charge in [-0.3, -0.25) is 4.79 Å². The fraction of sp³-hybridized carbons (Fsp3) is 0.276. The van der Waals surface area contributed by atoms with Gasteiger partial charge in [-0.15, -0.1) is 0 Å². The van der Waals surface area contributed by atoms with Gasteiger partial charge in [0, 0.05) is 55.6 Å². The van der Waals surface area contributed by atoms with Crippen molar-refractivity contribution in [2.45, 2.75) is 19.3 Å². The van der Waals surface area contributed by atoms with Gasteiger partial charge in [0.25, 0.3) is 0 Å². The van der Waals surface area contributed by atoms with Crippen LogP contribution >= 0.6 is 0 Å². The molecule has 1 atom stereocenters. The molecule has 180 valence electrons. The van der Waals surface area contributed by atoms with Crippen molar-refractivity contribution in [3.05, 3.63) is 95.9 Å². The second kappa shape index (κ2) is 10.2. The Labute approximate surface area is 205 Å². The summed E-state index contributed by atoms with van der Waals surface area (Å²) >= 11 is 0. The number of anilines is 1. The zero-order chi connectivity index (χ0) is 24.2. The molecule has 0 spiro atoms. The van der Waals surface area contributed by atoms with Gasteiger partial charge < -0.3 is 19.5 Å². The number of ether oxygens (including phenoxy) is 1. The van der Waals surface area contributed by atoms with Crippen LogP contribution in [0.25, 0.3) is 10.9 Å². The van der Waals surface area contributed by atoms with Crippen LogP contribution in [0.4, 0.5) is 10.1 Å². The molecule has 1 fully saturated rings. The zero-order valence-electron chi connectivity index (χ0n) is 19.9. The number of amides is 1. The number of para-hydroxylation sites is 3. The van der Waals surface area contributed by atoms with Gasteiger partial charge in [0.05, 0.1) is 12.3 Å². The Kier molecular flexibility index (Phi) is 6.70. The first-order valence-corrected chi connectivity index (χ1v) is 12.2. The Balaban J connectivity index is 1.33. The number of carbonyl (C=O) groups is 1. The molecule has 35 heavy (non-hydrogen) atoms. The molecule has 1 N–H and O–H groups in total. The van der Waals surface area contributed by atoms with Crippen molar-refractivity contribution in [2.24, 2.45) is 0 Å². The Morgan fingerprint density at radius 1 is 0.971 bits per heavy atom. The van der Waals surface area contributed by atoms with Crippen LogP contribution in [0.5, 0.6) is 5.75 Å². The molecule has 1 saturated heterocycles. The number of fused-ring (bicyclic) bond motifs is 1. The fourth-order valence-corrected chi connectivity index (χ4v) is 4.98. The lowest BCUT2D eigenvalue weighted by atomic mass is 9.87. The third-order valence-corrected chi connectivity index (χ3v) is 6.79. The van der Waals surface area contributed by atoms with E-state index in [2.05, 4.69) is 22.0 Å². The van der Waals surface area contributed by atoms with E-state index < -0.39 is 0 Å². The highest BCUT2D eigenvalue weighted by Gasteiger charge is 2.27. The summed E-state index contributed by atoms with van der Waals surface area (Å²) in [6.07, 6.45) is 2.32. The van der Waals surface area contributed by atoms with Crippen molar-refractivity contribution < 1.29 is 13.9 Å². The lowest BCUT2D eigenvalue weighted by molar-refractivity contribution is -0.131. The quantitative estimate of drug-likeness (QED) is 0.383. The third-order valence-electron chi connectivity index (χ3n) is 6.79. The average molecular weight is 472 g/mol. The first-order chi connectivity index (χ1) is 17.1. The number of rotatable bonds is 7. The summed E-state index contributed by atoms with van der Waals surface area (Å²) in [5.41, 5.74) is 4.10. The number of nitrogens with zero attached hydrogens (tertiary/aromatic N) is 2. The lowest BCUT2D eigenvalue weighted by Crippen LogP contribution is -2.49. The number of H-pyrrole nitrogens is 1. The SMILES string of the molecule is CCOc1ccccc1N1CCN(C(=O)CC(c2ccc(F)cc2)c2c[nH]c3ccccc23)CC1. The zero-order valence-corrected chi connectivity index (χ0v) is 19.9. The molecule has 1 aliphatic heterocycles. The van der Waals surface area contributed by atoms with E-state index in [-0.39, 0.29) is 17.6 Å². The predicted octanol–water partition coefficient (Wildman–Crippen LogP) is 5.58. The Hall–Kier alpha value is -3.80. The molecule has 1 amide bonds. The summed E-state index contributed by atoms with van der Waals surface area (Å²) in [5, 5.41) is 1.09. The van der Waals surface area contributed by atoms with Crippen molar-refractivity contribution in [1.29, 1.82) is 0 Å². The summed E-state index contributed by atoms with van der Waals surface area (Å²) in [5.74, 6) is 0.560. The maximum absolute atomic E-state index is 13.7. The summed E-state index contributed by atoms with van der Waals surface area (Å²) in [6.45, 7) is 5.42. The number of aromatic nitrogens is 1. The minimum absolute atomic E-state index is 0.113. The molecule has 5 rings (SSSR count). The van der Waals surface area contributed by atoms with Gasteiger partial charge in [0.1, 0.15) is 11.6 Å². The molecule has 5 nitrogen and oxygen atoms in total. The number of carbonyl (C=O) groups excluding carboxylic acids is 1. The fourth-order valence-electron chi connectivity index (χ4n) is 4.98. The number of halogens is 1. The minimum Gasteiger partial charge on any atom is -0.492 e. The molecule has 3 aromatic carbocycles. The number of benzene rings is 3. The molecular formula is C29H30FN3O2. The molecule has 4 aromatic rings. The first-order valence-electron chi connectivity index (χ1n) is 12.2. The molecule has 0 saturated carbocycles. The van der Waals surface area contributed by atoms with Crippen LogP contribution in [-0.4, -0.2) is 48.6 Å². The first kappa shape index (κ1) is 23.0. The van der Waals surface area contributed by atoms with Crippen LogP contribution in [0.2, 0.25) is 0 Å². The average Bonchev–Trinajstić information content (AvgIpc) is 3.32. The van der Waals surface area contributed by atoms with E-state index in [1.807, 2.05) is 54.4 Å². The highest BCUT2D eigenvalue weighted by atomic mass is 19.1. The number of piperazine rings is 1. The molecule has 6 heteroatoms. The van der Waals surface area contributed by atoms with Crippen LogP contribution in [0.3, 0.4) is 0 Å². The summed E-state index contributed by atoms with van der Waals surface area (Å²) in [4.78, 5) is 21.0. The highest BCUT2D eigenvalue weighted by molar-refractivity contribution is 5.86. The smallest absolute Gasteiger partial charge is 0.223 e. The van der Waals surface area contributed by atoms with E-state index in [1.54, 1.807) is 12.1 Å². The molecule has 1 aliphatic rings. The number of nitrogens with one attached hydrogen (secondary N) is 1. The number of hydrogen-bond acceptors (Lipinski definition) is 3. The van der Waals surface area contributed by atoms with Crippen LogP contribution in [0, 0.1) is 5.82 Å². The molecule has 0 radical (unpaired) electrons. The van der Waals surface area contributed by atoms with Crippen LogP contribution in [0.1, 0.15) is 30.4 Å². The number of hydrogen-bond donors (Lipinski definition) is 1. The summed E-state index contributed by atoms with van der Waals surface area (Å²) < 4.78 is 19.5. The van der Waals surface area contributed by atoms with E-state index in [0.29, 0.717) is 26.1 Å². The topological polar surface area (TPSA) is 48.6 Å². The van der Waals surface area contributed by atoms with E-state index in [1.165, 1.54) is 12.1 Å². The Morgan fingerprint density at radius 3 is 2.46 bits per heavy atom. The van der Waals surface area contributed by atoms with Crippen LogP contribution < -0.4 is 9.64 Å². The van der Waals surface area contributed by atoms with Gasteiger partial charge in [-0.25, -0.2) is 4.39 Å². The van der Waals surface area contributed by atoms with E-state index in [0.717, 1.165) is 46.6 Å². The molecular weight excluding hydrogens is 441 g/mol. The van der Waals surface area contributed by atoms with Crippen molar-refractivity contribution >= 4 is 22.5 Å². The number of aromatic amines is 1. The monoisotopic (exact) mass is 471 g/mol. The van der Waals surface area contributed by atoms with Crippen molar-refractivity contribution in [3.8, 4) is 5.75 Å². The van der Waals surface area contributed by atoms with Gasteiger partial charge in [-0.05, 0) is 48.4 Å². The maximum Gasteiger partial charge on any atom is 0.223 e. The summed E-state index contributed by atoms with van der Waals surface area (Å²) in [7, 11) is 0.